The van der Waals surface area contributed by atoms with Crippen LogP contribution in [-0.4, -0.2) is 14.5 Å². The molecule has 0 radical (unpaired) electrons. The third kappa shape index (κ3) is 4.23. The molecule has 0 unspecified atom stereocenters. The molecule has 264 valence electrons. The number of benzene rings is 8. The molecule has 0 saturated heterocycles. The van der Waals surface area contributed by atoms with Crippen molar-refractivity contribution in [1.29, 1.82) is 0 Å². The van der Waals surface area contributed by atoms with Gasteiger partial charge in [-0.3, -0.25) is 0 Å². The number of nitrogens with zero attached hydrogens (tertiary/aromatic N) is 3. The van der Waals surface area contributed by atoms with Gasteiger partial charge in [0.05, 0.1) is 33.7 Å². The summed E-state index contributed by atoms with van der Waals surface area (Å²) in [5.41, 5.74) is 15.4. The summed E-state index contributed by atoms with van der Waals surface area (Å²) in [6, 6.07) is 61.6. The first kappa shape index (κ1) is 30.6. The minimum Gasteiger partial charge on any atom is -0.455 e. The molecular weight excluding hydrogens is 699 g/mol. The number of furan rings is 2. The van der Waals surface area contributed by atoms with E-state index < -0.39 is 0 Å². The lowest BCUT2D eigenvalue weighted by atomic mass is 9.87. The summed E-state index contributed by atoms with van der Waals surface area (Å²) in [5.74, 6) is 0.646. The molecule has 0 aliphatic carbocycles. The highest BCUT2D eigenvalue weighted by molar-refractivity contribution is 6.24. The maximum atomic E-state index is 7.01. The largest absolute Gasteiger partial charge is 0.455 e. The molecule has 5 heterocycles. The summed E-state index contributed by atoms with van der Waals surface area (Å²) >= 11 is 0. The number of hydrogen-bond donors (Lipinski definition) is 0. The van der Waals surface area contributed by atoms with E-state index in [0.29, 0.717) is 5.82 Å². The van der Waals surface area contributed by atoms with E-state index >= 15 is 0 Å². The van der Waals surface area contributed by atoms with Crippen molar-refractivity contribution in [1.82, 2.24) is 14.5 Å². The van der Waals surface area contributed by atoms with Crippen LogP contribution in [0.5, 0.6) is 0 Å². The summed E-state index contributed by atoms with van der Waals surface area (Å²) in [7, 11) is 0. The molecule has 57 heavy (non-hydrogen) atoms. The summed E-state index contributed by atoms with van der Waals surface area (Å²) in [4.78, 5) is 10.7. The third-order valence-corrected chi connectivity index (χ3v) is 11.8. The van der Waals surface area contributed by atoms with Crippen LogP contribution < -0.4 is 0 Å². The fraction of sp³-hybridized carbons (Fsp3) is 0. The quantitative estimate of drug-likeness (QED) is 0.182. The van der Waals surface area contributed by atoms with Crippen molar-refractivity contribution in [3.8, 4) is 61.8 Å². The Kier molecular flexibility index (Phi) is 6.10. The summed E-state index contributed by atoms with van der Waals surface area (Å²) in [6.45, 7) is 0. The lowest BCUT2D eigenvalue weighted by molar-refractivity contribution is 0.669. The van der Waals surface area contributed by atoms with E-state index in [4.69, 9.17) is 18.8 Å². The van der Waals surface area contributed by atoms with E-state index in [-0.39, 0.29) is 0 Å². The van der Waals surface area contributed by atoms with Gasteiger partial charge in [0.25, 0.3) is 0 Å². The van der Waals surface area contributed by atoms with Gasteiger partial charge in [-0.15, -0.1) is 0 Å². The number of aromatic nitrogens is 3. The van der Waals surface area contributed by atoms with E-state index in [1.165, 1.54) is 10.8 Å². The van der Waals surface area contributed by atoms with Gasteiger partial charge in [0, 0.05) is 60.1 Å². The minimum absolute atomic E-state index is 0.646. The molecule has 0 atom stereocenters. The van der Waals surface area contributed by atoms with Gasteiger partial charge < -0.3 is 13.4 Å². The first-order valence-corrected chi connectivity index (χ1v) is 19.2. The van der Waals surface area contributed by atoms with Crippen LogP contribution in [0.15, 0.2) is 185 Å². The molecule has 1 aliphatic heterocycles. The standard InChI is InChI=1S/C52H29N3O2/c1-3-14-30(15-4-1)40-29-41(54-52(53-40)31-16-5-2-6-17-31)48-47-37-27-26-36-33-19-8-11-24-44(33)56-50(36)46(37)38-22-13-21-35-32-18-7-10-23-42(32)55(49(35)38)43(47)28-39-34-20-9-12-25-45(34)57-51(39)48/h1-29H. The van der Waals surface area contributed by atoms with Crippen molar-refractivity contribution in [3.05, 3.63) is 176 Å². The normalized spacial score (nSPS) is 12.2. The first-order valence-electron chi connectivity index (χ1n) is 19.2. The predicted octanol–water partition coefficient (Wildman–Crippen LogP) is 14.0. The molecule has 0 saturated carbocycles. The Bertz CT molecular complexity index is 3570. The Morgan fingerprint density at radius 1 is 0.386 bits per heavy atom. The second-order valence-electron chi connectivity index (χ2n) is 14.8. The molecular formula is C52H29N3O2. The van der Waals surface area contributed by atoms with Crippen LogP contribution in [0.25, 0.3) is 128 Å². The van der Waals surface area contributed by atoms with Crippen LogP contribution in [-0.2, 0) is 0 Å². The van der Waals surface area contributed by atoms with Crippen molar-refractivity contribution < 1.29 is 8.83 Å². The van der Waals surface area contributed by atoms with Crippen LogP contribution in [0.3, 0.4) is 0 Å². The van der Waals surface area contributed by atoms with Gasteiger partial charge in [-0.1, -0.05) is 140 Å². The Labute approximate surface area is 325 Å². The Balaban J connectivity index is 1.28. The lowest BCUT2D eigenvalue weighted by Crippen LogP contribution is -2.01. The Morgan fingerprint density at radius 3 is 1.77 bits per heavy atom. The molecule has 4 aromatic heterocycles. The van der Waals surface area contributed by atoms with Gasteiger partial charge in [-0.05, 0) is 42.0 Å². The van der Waals surface area contributed by atoms with Crippen LogP contribution in [0.4, 0.5) is 0 Å². The van der Waals surface area contributed by atoms with E-state index in [2.05, 4.69) is 144 Å². The summed E-state index contributed by atoms with van der Waals surface area (Å²) in [5, 5.41) is 6.63. The van der Waals surface area contributed by atoms with Gasteiger partial charge >= 0.3 is 0 Å². The predicted molar refractivity (Wildman–Crippen MR) is 232 cm³/mol. The topological polar surface area (TPSA) is 57.0 Å². The first-order chi connectivity index (χ1) is 28.3. The van der Waals surface area contributed by atoms with Crippen LogP contribution >= 0.6 is 0 Å². The highest BCUT2D eigenvalue weighted by Gasteiger charge is 2.32. The maximum Gasteiger partial charge on any atom is 0.160 e. The van der Waals surface area contributed by atoms with Gasteiger partial charge in [0.1, 0.15) is 22.3 Å². The molecule has 0 fully saturated rings. The minimum atomic E-state index is 0.646. The lowest BCUT2D eigenvalue weighted by Gasteiger charge is -2.19. The van der Waals surface area contributed by atoms with Crippen molar-refractivity contribution in [2.24, 2.45) is 0 Å². The van der Waals surface area contributed by atoms with Gasteiger partial charge in [0.2, 0.25) is 0 Å². The SMILES string of the molecule is c1ccc(-c2cc(-c3c4c(cc5c3oc3ccccc35)-n3c5ccccc5c5cccc(c53)-c3c-4ccc4c3oc3ccccc34)nc(-c3ccccc3)n2)cc1. The molecule has 0 N–H and O–H groups in total. The zero-order chi connectivity index (χ0) is 37.2. The van der Waals surface area contributed by atoms with Crippen molar-refractivity contribution in [3.63, 3.8) is 0 Å². The van der Waals surface area contributed by atoms with Crippen LogP contribution in [0.2, 0.25) is 0 Å². The number of hydrogen-bond acceptors (Lipinski definition) is 4. The third-order valence-electron chi connectivity index (χ3n) is 11.8. The average Bonchev–Trinajstić information content (AvgIpc) is 3.93. The Morgan fingerprint density at radius 2 is 1.00 bits per heavy atom. The molecule has 5 nitrogen and oxygen atoms in total. The van der Waals surface area contributed by atoms with Gasteiger partial charge in [0.15, 0.2) is 5.82 Å². The smallest absolute Gasteiger partial charge is 0.160 e. The maximum absolute atomic E-state index is 7.01. The number of fused-ring (bicyclic) bond motifs is 15. The fourth-order valence-corrected chi connectivity index (χ4v) is 9.32. The van der Waals surface area contributed by atoms with E-state index in [0.717, 1.165) is 111 Å². The molecule has 8 aromatic carbocycles. The van der Waals surface area contributed by atoms with Crippen LogP contribution in [0.1, 0.15) is 0 Å². The van der Waals surface area contributed by atoms with Crippen molar-refractivity contribution in [2.75, 3.05) is 0 Å². The number of rotatable bonds is 3. The zero-order valence-electron chi connectivity index (χ0n) is 30.4. The molecule has 0 spiro atoms. The number of para-hydroxylation sites is 4. The molecule has 1 aliphatic rings. The van der Waals surface area contributed by atoms with Crippen molar-refractivity contribution >= 4 is 65.7 Å². The zero-order valence-corrected chi connectivity index (χ0v) is 30.4. The fourth-order valence-electron chi connectivity index (χ4n) is 9.32. The Hall–Kier alpha value is -7.76. The van der Waals surface area contributed by atoms with E-state index in [1.54, 1.807) is 0 Å². The second-order valence-corrected chi connectivity index (χ2v) is 14.8. The molecule has 12 aromatic rings. The second kappa shape index (κ2) is 11.4. The molecule has 0 amide bonds. The van der Waals surface area contributed by atoms with Crippen molar-refractivity contribution in [2.45, 2.75) is 0 Å². The summed E-state index contributed by atoms with van der Waals surface area (Å²) < 4.78 is 16.4. The highest BCUT2D eigenvalue weighted by Crippen LogP contribution is 2.55. The molecule has 13 rings (SSSR count). The van der Waals surface area contributed by atoms with Crippen LogP contribution in [0, 0.1) is 0 Å². The van der Waals surface area contributed by atoms with Gasteiger partial charge in [-0.25, -0.2) is 9.97 Å². The highest BCUT2D eigenvalue weighted by atomic mass is 16.3. The van der Waals surface area contributed by atoms with Gasteiger partial charge in [-0.2, -0.15) is 0 Å². The average molecular weight is 728 g/mol. The van der Waals surface area contributed by atoms with E-state index in [9.17, 15) is 0 Å². The monoisotopic (exact) mass is 727 g/mol. The van der Waals surface area contributed by atoms with E-state index in [1.807, 2.05) is 36.4 Å². The molecule has 5 heteroatoms. The molecule has 0 bridgehead atoms. The summed E-state index contributed by atoms with van der Waals surface area (Å²) in [6.07, 6.45) is 0.